The van der Waals surface area contributed by atoms with Gasteiger partial charge in [-0.25, -0.2) is 0 Å². The number of ether oxygens (including phenoxy) is 3. The standard InChI is InChI=1S/C76H144O6/c1-4-7-10-13-16-19-22-24-26-28-30-32-34-36-38-40-42-44-46-48-50-52-54-57-60-63-66-69-75(78)81-72-73(71-80-74(77)68-65-62-59-56-21-18-15-12-9-6-3)82-76(79)70-67-64-61-58-55-53-51-49-47-45-43-41-39-37-35-33-31-29-27-25-23-20-17-14-11-8-5-2/h22,24,28,30,73H,4-21,23,25-27,29,31-72H2,1-3H3/b24-22-,30-28-. The van der Waals surface area contributed by atoms with Gasteiger partial charge in [-0.1, -0.05) is 379 Å². The van der Waals surface area contributed by atoms with Crippen LogP contribution >= 0.6 is 0 Å². The lowest BCUT2D eigenvalue weighted by Gasteiger charge is -2.18. The van der Waals surface area contributed by atoms with Gasteiger partial charge < -0.3 is 14.2 Å². The molecule has 0 saturated carbocycles. The monoisotopic (exact) mass is 1150 g/mol. The van der Waals surface area contributed by atoms with E-state index in [-0.39, 0.29) is 31.1 Å². The Kier molecular flexibility index (Phi) is 69.5. The predicted molar refractivity (Wildman–Crippen MR) is 358 cm³/mol. The van der Waals surface area contributed by atoms with Crippen molar-refractivity contribution in [3.05, 3.63) is 24.3 Å². The molecule has 0 fully saturated rings. The molecule has 0 amide bonds. The lowest BCUT2D eigenvalue weighted by molar-refractivity contribution is -0.167. The molecule has 0 saturated heterocycles. The van der Waals surface area contributed by atoms with E-state index in [4.69, 9.17) is 14.2 Å². The molecular weight excluding hydrogens is 1010 g/mol. The zero-order chi connectivity index (χ0) is 59.2. The van der Waals surface area contributed by atoms with Gasteiger partial charge in [0.1, 0.15) is 13.2 Å². The van der Waals surface area contributed by atoms with Gasteiger partial charge in [-0.05, 0) is 51.4 Å². The maximum atomic E-state index is 13.0. The number of carbonyl (C=O) groups excluding carboxylic acids is 3. The first kappa shape index (κ1) is 79.9. The summed E-state index contributed by atoms with van der Waals surface area (Å²) in [5.74, 6) is -0.832. The maximum absolute atomic E-state index is 13.0. The number of esters is 3. The van der Waals surface area contributed by atoms with E-state index in [1.54, 1.807) is 0 Å². The summed E-state index contributed by atoms with van der Waals surface area (Å²) in [5.41, 5.74) is 0. The molecule has 0 spiro atoms. The summed E-state index contributed by atoms with van der Waals surface area (Å²) in [6.07, 6.45) is 88.1. The number of rotatable bonds is 70. The van der Waals surface area contributed by atoms with Crippen LogP contribution in [0.4, 0.5) is 0 Å². The van der Waals surface area contributed by atoms with Gasteiger partial charge in [-0.15, -0.1) is 0 Å². The maximum Gasteiger partial charge on any atom is 0.306 e. The Morgan fingerprint density at radius 1 is 0.244 bits per heavy atom. The van der Waals surface area contributed by atoms with E-state index in [2.05, 4.69) is 45.1 Å². The van der Waals surface area contributed by atoms with Crippen LogP contribution in [0.3, 0.4) is 0 Å². The summed E-state index contributed by atoms with van der Waals surface area (Å²) in [6, 6.07) is 0. The second-order valence-electron chi connectivity index (χ2n) is 25.6. The van der Waals surface area contributed by atoms with Crippen molar-refractivity contribution in [3.63, 3.8) is 0 Å². The molecule has 0 aromatic heterocycles. The van der Waals surface area contributed by atoms with Crippen LogP contribution in [0, 0.1) is 0 Å². The van der Waals surface area contributed by atoms with E-state index in [9.17, 15) is 14.4 Å². The average Bonchev–Trinajstić information content (AvgIpc) is 3.48. The molecule has 0 aromatic rings. The van der Waals surface area contributed by atoms with Crippen molar-refractivity contribution in [2.75, 3.05) is 13.2 Å². The number of hydrogen-bond acceptors (Lipinski definition) is 6. The van der Waals surface area contributed by atoms with Gasteiger partial charge >= 0.3 is 17.9 Å². The predicted octanol–water partition coefficient (Wildman–Crippen LogP) is 25.7. The quantitative estimate of drug-likeness (QED) is 0.0261. The first-order valence-corrected chi connectivity index (χ1v) is 37.3. The highest BCUT2D eigenvalue weighted by molar-refractivity contribution is 5.71. The fourth-order valence-electron chi connectivity index (χ4n) is 11.6. The molecule has 0 radical (unpaired) electrons. The highest BCUT2D eigenvalue weighted by Gasteiger charge is 2.20. The first-order chi connectivity index (χ1) is 40.5. The molecule has 6 heteroatoms. The molecular formula is C76H144O6. The van der Waals surface area contributed by atoms with Gasteiger partial charge in [0.15, 0.2) is 6.10 Å². The minimum Gasteiger partial charge on any atom is -0.462 e. The Labute approximate surface area is 513 Å². The highest BCUT2D eigenvalue weighted by atomic mass is 16.6. The van der Waals surface area contributed by atoms with Gasteiger partial charge in [0.25, 0.3) is 0 Å². The van der Waals surface area contributed by atoms with Crippen LogP contribution in [0.15, 0.2) is 24.3 Å². The number of allylic oxidation sites excluding steroid dienone is 4. The molecule has 0 aliphatic carbocycles. The summed E-state index contributed by atoms with van der Waals surface area (Å²) in [7, 11) is 0. The van der Waals surface area contributed by atoms with Crippen LogP contribution in [0.5, 0.6) is 0 Å². The third-order valence-electron chi connectivity index (χ3n) is 17.2. The molecule has 1 unspecified atom stereocenters. The smallest absolute Gasteiger partial charge is 0.306 e. The molecule has 6 nitrogen and oxygen atoms in total. The second kappa shape index (κ2) is 71.4. The topological polar surface area (TPSA) is 78.9 Å². The molecule has 0 heterocycles. The Bertz CT molecular complexity index is 1320. The second-order valence-corrected chi connectivity index (χ2v) is 25.6. The van der Waals surface area contributed by atoms with Gasteiger partial charge in [-0.2, -0.15) is 0 Å². The average molecular weight is 1150 g/mol. The van der Waals surface area contributed by atoms with Crippen LogP contribution in [-0.2, 0) is 28.6 Å². The lowest BCUT2D eigenvalue weighted by atomic mass is 10.0. The van der Waals surface area contributed by atoms with Gasteiger partial charge in [-0.3, -0.25) is 14.4 Å². The fourth-order valence-corrected chi connectivity index (χ4v) is 11.6. The van der Waals surface area contributed by atoms with Crippen LogP contribution in [0.25, 0.3) is 0 Å². The van der Waals surface area contributed by atoms with Gasteiger partial charge in [0.05, 0.1) is 0 Å². The molecule has 0 aliphatic heterocycles. The first-order valence-electron chi connectivity index (χ1n) is 37.3. The third-order valence-corrected chi connectivity index (χ3v) is 17.2. The van der Waals surface area contributed by atoms with Gasteiger partial charge in [0, 0.05) is 19.3 Å². The Morgan fingerprint density at radius 3 is 0.671 bits per heavy atom. The highest BCUT2D eigenvalue weighted by Crippen LogP contribution is 2.19. The van der Waals surface area contributed by atoms with E-state index in [1.165, 1.54) is 321 Å². The Balaban J connectivity index is 4.10. The van der Waals surface area contributed by atoms with E-state index in [0.717, 1.165) is 64.2 Å². The number of hydrogen-bond donors (Lipinski definition) is 0. The van der Waals surface area contributed by atoms with Crippen LogP contribution in [0.2, 0.25) is 0 Å². The van der Waals surface area contributed by atoms with E-state index < -0.39 is 6.10 Å². The minimum atomic E-state index is -0.767. The fraction of sp³-hybridized carbons (Fsp3) is 0.908. The Morgan fingerprint density at radius 2 is 0.439 bits per heavy atom. The van der Waals surface area contributed by atoms with E-state index in [1.807, 2.05) is 0 Å². The molecule has 484 valence electrons. The molecule has 0 rings (SSSR count). The van der Waals surface area contributed by atoms with Crippen molar-refractivity contribution < 1.29 is 28.6 Å². The van der Waals surface area contributed by atoms with E-state index >= 15 is 0 Å². The normalized spacial score (nSPS) is 12.1. The van der Waals surface area contributed by atoms with Crippen LogP contribution < -0.4 is 0 Å². The van der Waals surface area contributed by atoms with Crippen LogP contribution in [-0.4, -0.2) is 37.2 Å². The van der Waals surface area contributed by atoms with E-state index in [0.29, 0.717) is 19.3 Å². The summed E-state index contributed by atoms with van der Waals surface area (Å²) in [4.78, 5) is 38.4. The molecule has 82 heavy (non-hydrogen) atoms. The van der Waals surface area contributed by atoms with Crippen molar-refractivity contribution in [2.45, 2.75) is 431 Å². The summed E-state index contributed by atoms with van der Waals surface area (Å²) < 4.78 is 17.0. The van der Waals surface area contributed by atoms with Crippen molar-refractivity contribution in [1.29, 1.82) is 0 Å². The van der Waals surface area contributed by atoms with Crippen molar-refractivity contribution in [3.8, 4) is 0 Å². The molecule has 0 aromatic carbocycles. The summed E-state index contributed by atoms with van der Waals surface area (Å²) >= 11 is 0. The molecule has 0 aliphatic rings. The zero-order valence-electron chi connectivity index (χ0n) is 55.8. The van der Waals surface area contributed by atoms with Crippen molar-refractivity contribution in [2.24, 2.45) is 0 Å². The summed E-state index contributed by atoms with van der Waals surface area (Å²) in [6.45, 7) is 6.70. The van der Waals surface area contributed by atoms with Crippen molar-refractivity contribution >= 4 is 17.9 Å². The van der Waals surface area contributed by atoms with Crippen LogP contribution in [0.1, 0.15) is 425 Å². The molecule has 0 bridgehead atoms. The third kappa shape index (κ3) is 68.7. The SMILES string of the molecule is CCCCCCC/C=C\C/C=C\CCCCCCCCCCCCCCCCCC(=O)OCC(COC(=O)CCCCCCCCCCCC)OC(=O)CCCCCCCCCCCCCCCCCCCCCCCCCCCCC. The molecule has 1 atom stereocenters. The largest absolute Gasteiger partial charge is 0.462 e. The number of unbranched alkanes of at least 4 members (excludes halogenated alkanes) is 55. The lowest BCUT2D eigenvalue weighted by Crippen LogP contribution is -2.30. The minimum absolute atomic E-state index is 0.0640. The van der Waals surface area contributed by atoms with Gasteiger partial charge in [0.2, 0.25) is 0 Å². The molecule has 0 N–H and O–H groups in total. The Hall–Kier alpha value is -2.11. The summed E-state index contributed by atoms with van der Waals surface area (Å²) in [5, 5.41) is 0. The van der Waals surface area contributed by atoms with Crippen molar-refractivity contribution in [1.82, 2.24) is 0 Å². The number of carbonyl (C=O) groups is 3. The zero-order valence-corrected chi connectivity index (χ0v) is 55.8.